The summed E-state index contributed by atoms with van der Waals surface area (Å²) in [5, 5.41) is 9.53. The maximum Gasteiger partial charge on any atom is 0.123 e. The van der Waals surface area contributed by atoms with E-state index in [4.69, 9.17) is 0 Å². The van der Waals surface area contributed by atoms with E-state index in [2.05, 4.69) is 11.8 Å². The van der Waals surface area contributed by atoms with E-state index in [0.717, 1.165) is 31.5 Å². The first-order chi connectivity index (χ1) is 7.70. The van der Waals surface area contributed by atoms with Crippen molar-refractivity contribution in [3.05, 3.63) is 35.6 Å². The molecular weight excluding hydrogens is 205 g/mol. The van der Waals surface area contributed by atoms with Gasteiger partial charge in [-0.3, -0.25) is 4.90 Å². The zero-order valence-electron chi connectivity index (χ0n) is 9.56. The molecule has 0 aliphatic carbocycles. The van der Waals surface area contributed by atoms with Crippen LogP contribution in [0.2, 0.25) is 0 Å². The molecule has 1 heterocycles. The van der Waals surface area contributed by atoms with Gasteiger partial charge in [0, 0.05) is 19.1 Å². The zero-order chi connectivity index (χ0) is 11.5. The van der Waals surface area contributed by atoms with Crippen molar-refractivity contribution in [3.63, 3.8) is 0 Å². The molecule has 0 saturated carbocycles. The lowest BCUT2D eigenvalue weighted by atomic mass is 10.0. The van der Waals surface area contributed by atoms with E-state index in [1.165, 1.54) is 12.1 Å². The Balaban J connectivity index is 2.13. The van der Waals surface area contributed by atoms with Gasteiger partial charge in [0.05, 0.1) is 6.10 Å². The molecule has 2 atom stereocenters. The minimum Gasteiger partial charge on any atom is -0.392 e. The zero-order valence-corrected chi connectivity index (χ0v) is 9.56. The summed E-state index contributed by atoms with van der Waals surface area (Å²) in [7, 11) is 0. The number of benzene rings is 1. The van der Waals surface area contributed by atoms with Crippen LogP contribution in [0, 0.1) is 5.82 Å². The lowest BCUT2D eigenvalue weighted by Gasteiger charge is -2.26. The molecule has 1 fully saturated rings. The van der Waals surface area contributed by atoms with E-state index in [9.17, 15) is 9.50 Å². The standard InChI is InChI=1S/C13H18FNO/c1-2-13(15-8-7-12(16)9-15)10-3-5-11(14)6-4-10/h3-6,12-13,16H,2,7-9H2,1H3/t12-,13?/m1/s1. The summed E-state index contributed by atoms with van der Waals surface area (Å²) in [6.45, 7) is 3.78. The number of β-amino-alcohol motifs (C(OH)–C–C–N with tert-alkyl or cyclic N) is 1. The van der Waals surface area contributed by atoms with Crippen LogP contribution in [-0.4, -0.2) is 29.2 Å². The Hall–Kier alpha value is -0.930. The number of hydrogen-bond donors (Lipinski definition) is 1. The van der Waals surface area contributed by atoms with Crippen LogP contribution in [0.15, 0.2) is 24.3 Å². The van der Waals surface area contributed by atoms with E-state index in [1.807, 2.05) is 12.1 Å². The fourth-order valence-corrected chi connectivity index (χ4v) is 2.44. The number of rotatable bonds is 3. The van der Waals surface area contributed by atoms with Gasteiger partial charge in [-0.2, -0.15) is 0 Å². The number of nitrogens with zero attached hydrogens (tertiary/aromatic N) is 1. The van der Waals surface area contributed by atoms with Crippen molar-refractivity contribution >= 4 is 0 Å². The van der Waals surface area contributed by atoms with Gasteiger partial charge in [0.15, 0.2) is 0 Å². The number of hydrogen-bond acceptors (Lipinski definition) is 2. The third kappa shape index (κ3) is 2.42. The monoisotopic (exact) mass is 223 g/mol. The first kappa shape index (κ1) is 11.6. The molecule has 1 saturated heterocycles. The molecule has 1 unspecified atom stereocenters. The third-order valence-corrected chi connectivity index (χ3v) is 3.28. The molecule has 2 rings (SSSR count). The van der Waals surface area contributed by atoms with E-state index >= 15 is 0 Å². The maximum atomic E-state index is 12.8. The normalized spacial score (nSPS) is 23.6. The fourth-order valence-electron chi connectivity index (χ4n) is 2.44. The third-order valence-electron chi connectivity index (χ3n) is 3.28. The lowest BCUT2D eigenvalue weighted by molar-refractivity contribution is 0.157. The maximum absolute atomic E-state index is 12.8. The van der Waals surface area contributed by atoms with E-state index in [0.29, 0.717) is 6.04 Å². The highest BCUT2D eigenvalue weighted by Crippen LogP contribution is 2.27. The largest absolute Gasteiger partial charge is 0.392 e. The molecule has 1 aliphatic heterocycles. The Morgan fingerprint density at radius 2 is 2.12 bits per heavy atom. The summed E-state index contributed by atoms with van der Waals surface area (Å²) in [6.07, 6.45) is 1.63. The molecule has 16 heavy (non-hydrogen) atoms. The molecule has 0 radical (unpaired) electrons. The summed E-state index contributed by atoms with van der Waals surface area (Å²) in [5.74, 6) is -0.194. The van der Waals surface area contributed by atoms with Crippen molar-refractivity contribution in [2.24, 2.45) is 0 Å². The van der Waals surface area contributed by atoms with Gasteiger partial charge in [-0.25, -0.2) is 4.39 Å². The van der Waals surface area contributed by atoms with Crippen LogP contribution in [0.4, 0.5) is 4.39 Å². The molecule has 1 aromatic rings. The Morgan fingerprint density at radius 3 is 2.62 bits per heavy atom. The molecule has 3 heteroatoms. The smallest absolute Gasteiger partial charge is 0.123 e. The Labute approximate surface area is 95.7 Å². The van der Waals surface area contributed by atoms with Crippen molar-refractivity contribution in [2.75, 3.05) is 13.1 Å². The van der Waals surface area contributed by atoms with Crippen molar-refractivity contribution < 1.29 is 9.50 Å². The first-order valence-corrected chi connectivity index (χ1v) is 5.88. The molecular formula is C13H18FNO. The second kappa shape index (κ2) is 4.93. The number of aliphatic hydroxyl groups excluding tert-OH is 1. The average Bonchev–Trinajstić information content (AvgIpc) is 2.69. The van der Waals surface area contributed by atoms with Crippen LogP contribution >= 0.6 is 0 Å². The SMILES string of the molecule is CCC(c1ccc(F)cc1)N1CC[C@@H](O)C1. The number of aliphatic hydroxyl groups is 1. The summed E-state index contributed by atoms with van der Waals surface area (Å²) in [4.78, 5) is 2.28. The highest BCUT2D eigenvalue weighted by Gasteiger charge is 2.26. The summed E-state index contributed by atoms with van der Waals surface area (Å²) in [6, 6.07) is 7.00. The Morgan fingerprint density at radius 1 is 1.44 bits per heavy atom. The fraction of sp³-hybridized carbons (Fsp3) is 0.538. The predicted octanol–water partition coefficient (Wildman–Crippen LogP) is 2.34. The molecule has 1 aromatic carbocycles. The van der Waals surface area contributed by atoms with Crippen LogP contribution in [-0.2, 0) is 0 Å². The summed E-state index contributed by atoms with van der Waals surface area (Å²) >= 11 is 0. The topological polar surface area (TPSA) is 23.5 Å². The van der Waals surface area contributed by atoms with Gasteiger partial charge >= 0.3 is 0 Å². The highest BCUT2D eigenvalue weighted by atomic mass is 19.1. The molecule has 0 aromatic heterocycles. The molecule has 0 spiro atoms. The Kier molecular flexibility index (Phi) is 3.56. The average molecular weight is 223 g/mol. The molecule has 1 aliphatic rings. The second-order valence-electron chi connectivity index (χ2n) is 4.41. The summed E-state index contributed by atoms with van der Waals surface area (Å²) in [5.41, 5.74) is 1.14. The van der Waals surface area contributed by atoms with E-state index < -0.39 is 0 Å². The van der Waals surface area contributed by atoms with Gasteiger partial charge in [-0.05, 0) is 30.5 Å². The first-order valence-electron chi connectivity index (χ1n) is 5.88. The highest BCUT2D eigenvalue weighted by molar-refractivity contribution is 5.20. The minimum absolute atomic E-state index is 0.194. The number of likely N-dealkylation sites (tertiary alicyclic amines) is 1. The predicted molar refractivity (Wildman–Crippen MR) is 61.6 cm³/mol. The number of halogens is 1. The quantitative estimate of drug-likeness (QED) is 0.850. The second-order valence-corrected chi connectivity index (χ2v) is 4.41. The minimum atomic E-state index is -0.200. The van der Waals surface area contributed by atoms with Gasteiger partial charge in [0.1, 0.15) is 5.82 Å². The van der Waals surface area contributed by atoms with Crippen LogP contribution in [0.3, 0.4) is 0 Å². The van der Waals surface area contributed by atoms with Gasteiger partial charge in [0.25, 0.3) is 0 Å². The van der Waals surface area contributed by atoms with Crippen LogP contribution in [0.25, 0.3) is 0 Å². The molecule has 2 nitrogen and oxygen atoms in total. The van der Waals surface area contributed by atoms with Gasteiger partial charge in [0.2, 0.25) is 0 Å². The van der Waals surface area contributed by atoms with E-state index in [-0.39, 0.29) is 11.9 Å². The molecule has 88 valence electrons. The van der Waals surface area contributed by atoms with Gasteiger partial charge in [-0.1, -0.05) is 19.1 Å². The van der Waals surface area contributed by atoms with Gasteiger partial charge < -0.3 is 5.11 Å². The van der Waals surface area contributed by atoms with Crippen LogP contribution in [0.5, 0.6) is 0 Å². The molecule has 0 amide bonds. The van der Waals surface area contributed by atoms with Gasteiger partial charge in [-0.15, -0.1) is 0 Å². The Bertz CT molecular complexity index is 338. The van der Waals surface area contributed by atoms with E-state index in [1.54, 1.807) is 0 Å². The molecule has 0 bridgehead atoms. The van der Waals surface area contributed by atoms with Crippen molar-refractivity contribution in [1.82, 2.24) is 4.90 Å². The van der Waals surface area contributed by atoms with Crippen LogP contribution in [0.1, 0.15) is 31.4 Å². The summed E-state index contributed by atoms with van der Waals surface area (Å²) < 4.78 is 12.8. The van der Waals surface area contributed by atoms with Crippen molar-refractivity contribution in [2.45, 2.75) is 31.9 Å². The van der Waals surface area contributed by atoms with Crippen molar-refractivity contribution in [3.8, 4) is 0 Å². The molecule has 1 N–H and O–H groups in total. The van der Waals surface area contributed by atoms with Crippen LogP contribution < -0.4 is 0 Å². The van der Waals surface area contributed by atoms with Crippen molar-refractivity contribution in [1.29, 1.82) is 0 Å². The lowest BCUT2D eigenvalue weighted by Crippen LogP contribution is -2.27.